The van der Waals surface area contributed by atoms with E-state index >= 15 is 0 Å². The molecule has 2 unspecified atom stereocenters. The molecule has 1 fully saturated rings. The predicted octanol–water partition coefficient (Wildman–Crippen LogP) is 3.08. The summed E-state index contributed by atoms with van der Waals surface area (Å²) in [5.74, 6) is -0.513. The number of unbranched alkanes of at least 4 members (excludes halogenated alkanes) is 1. The lowest BCUT2D eigenvalue weighted by atomic mass is 10.00. The van der Waals surface area contributed by atoms with Gasteiger partial charge in [-0.3, -0.25) is 0 Å². The number of alkyl halides is 1. The van der Waals surface area contributed by atoms with Crippen molar-refractivity contribution in [2.24, 2.45) is 0 Å². The zero-order valence-electron chi connectivity index (χ0n) is 10.9. The highest BCUT2D eigenvalue weighted by Crippen LogP contribution is 2.35. The first-order valence-electron chi connectivity index (χ1n) is 6.44. The SMILES string of the molecule is O=C(O)C1(C(F)CCCCOc2ccc(Cl)cc2)CO1. The second-order valence-electron chi connectivity index (χ2n) is 4.75. The fraction of sp³-hybridized carbons (Fsp3) is 0.500. The molecule has 0 aliphatic carbocycles. The smallest absolute Gasteiger partial charge is 0.341 e. The molecule has 1 aliphatic heterocycles. The first-order chi connectivity index (χ1) is 9.54. The third-order valence-corrected chi connectivity index (χ3v) is 3.51. The van der Waals surface area contributed by atoms with E-state index in [-0.39, 0.29) is 13.0 Å². The van der Waals surface area contributed by atoms with E-state index in [0.717, 1.165) is 0 Å². The summed E-state index contributed by atoms with van der Waals surface area (Å²) >= 11 is 5.75. The van der Waals surface area contributed by atoms with Crippen molar-refractivity contribution in [2.75, 3.05) is 13.2 Å². The largest absolute Gasteiger partial charge is 0.494 e. The Balaban J connectivity index is 1.62. The molecule has 1 aromatic carbocycles. The molecule has 0 radical (unpaired) electrons. The number of benzene rings is 1. The molecule has 4 nitrogen and oxygen atoms in total. The van der Waals surface area contributed by atoms with Crippen LogP contribution in [0.25, 0.3) is 0 Å². The average molecular weight is 303 g/mol. The molecule has 0 spiro atoms. The van der Waals surface area contributed by atoms with Crippen LogP contribution in [0.15, 0.2) is 24.3 Å². The number of ether oxygens (including phenoxy) is 2. The number of carboxylic acids is 1. The van der Waals surface area contributed by atoms with Gasteiger partial charge >= 0.3 is 5.97 Å². The number of rotatable bonds is 8. The number of carboxylic acid groups (broad SMARTS) is 1. The van der Waals surface area contributed by atoms with Gasteiger partial charge in [0.1, 0.15) is 11.9 Å². The molecule has 0 bridgehead atoms. The third-order valence-electron chi connectivity index (χ3n) is 3.26. The van der Waals surface area contributed by atoms with Crippen molar-refractivity contribution in [2.45, 2.75) is 31.0 Å². The number of halogens is 2. The zero-order chi connectivity index (χ0) is 14.6. The van der Waals surface area contributed by atoms with Crippen LogP contribution in [-0.2, 0) is 9.53 Å². The minimum absolute atomic E-state index is 0.0369. The van der Waals surface area contributed by atoms with E-state index in [1.807, 2.05) is 0 Å². The second-order valence-corrected chi connectivity index (χ2v) is 5.19. The summed E-state index contributed by atoms with van der Waals surface area (Å²) in [6, 6.07) is 6.99. The third kappa shape index (κ3) is 3.61. The number of hydrogen-bond acceptors (Lipinski definition) is 3. The Kier molecular flexibility index (Phi) is 4.83. The van der Waals surface area contributed by atoms with Gasteiger partial charge in [-0.05, 0) is 43.5 Å². The van der Waals surface area contributed by atoms with Gasteiger partial charge in [0.25, 0.3) is 0 Å². The molecule has 0 saturated carbocycles. The van der Waals surface area contributed by atoms with Crippen LogP contribution in [0.3, 0.4) is 0 Å². The minimum atomic E-state index is -1.59. The van der Waals surface area contributed by atoms with E-state index in [9.17, 15) is 9.18 Å². The van der Waals surface area contributed by atoms with Gasteiger partial charge in [-0.25, -0.2) is 9.18 Å². The maximum Gasteiger partial charge on any atom is 0.341 e. The lowest BCUT2D eigenvalue weighted by Crippen LogP contribution is -2.35. The summed E-state index contributed by atoms with van der Waals surface area (Å²) in [5, 5.41) is 9.49. The van der Waals surface area contributed by atoms with Crippen molar-refractivity contribution in [1.82, 2.24) is 0 Å². The van der Waals surface area contributed by atoms with Crippen molar-refractivity contribution in [1.29, 1.82) is 0 Å². The number of hydrogen-bond donors (Lipinski definition) is 1. The number of epoxide rings is 1. The van der Waals surface area contributed by atoms with E-state index in [0.29, 0.717) is 30.2 Å². The summed E-state index contributed by atoms with van der Waals surface area (Å²) in [7, 11) is 0. The predicted molar refractivity (Wildman–Crippen MR) is 72.0 cm³/mol. The summed E-state index contributed by atoms with van der Waals surface area (Å²) in [5.41, 5.74) is -1.59. The second kappa shape index (κ2) is 6.41. The molecule has 110 valence electrons. The summed E-state index contributed by atoms with van der Waals surface area (Å²) < 4.78 is 23.9. The van der Waals surface area contributed by atoms with Crippen molar-refractivity contribution in [3.05, 3.63) is 29.3 Å². The Morgan fingerprint density at radius 2 is 2.10 bits per heavy atom. The van der Waals surface area contributed by atoms with Crippen LogP contribution >= 0.6 is 11.6 Å². The van der Waals surface area contributed by atoms with Crippen LogP contribution in [0.4, 0.5) is 4.39 Å². The molecule has 1 N–H and O–H groups in total. The van der Waals surface area contributed by atoms with Gasteiger partial charge in [-0.1, -0.05) is 11.6 Å². The molecular weight excluding hydrogens is 287 g/mol. The van der Waals surface area contributed by atoms with Gasteiger partial charge in [0.15, 0.2) is 0 Å². The molecule has 2 atom stereocenters. The van der Waals surface area contributed by atoms with Gasteiger partial charge < -0.3 is 14.6 Å². The van der Waals surface area contributed by atoms with E-state index in [2.05, 4.69) is 0 Å². The van der Waals surface area contributed by atoms with Crippen molar-refractivity contribution >= 4 is 17.6 Å². The monoisotopic (exact) mass is 302 g/mol. The van der Waals surface area contributed by atoms with Crippen LogP contribution in [0.5, 0.6) is 5.75 Å². The Morgan fingerprint density at radius 3 is 2.65 bits per heavy atom. The maximum absolute atomic E-state index is 13.7. The molecule has 1 saturated heterocycles. The van der Waals surface area contributed by atoms with Gasteiger partial charge in [0.2, 0.25) is 5.60 Å². The number of aliphatic carboxylic acids is 1. The summed E-state index contributed by atoms with van der Waals surface area (Å²) in [6.07, 6.45) is -0.0992. The lowest BCUT2D eigenvalue weighted by molar-refractivity contribution is -0.146. The maximum atomic E-state index is 13.7. The van der Waals surface area contributed by atoms with Gasteiger partial charge in [0, 0.05) is 5.02 Å². The minimum Gasteiger partial charge on any atom is -0.494 e. The standard InChI is InChI=1S/C14H16ClFO4/c15-10-4-6-11(7-5-10)19-8-2-1-3-12(16)14(9-20-14)13(17)18/h4-7,12H,1-3,8-9H2,(H,17,18). The molecule has 2 rings (SSSR count). The molecule has 6 heteroatoms. The molecule has 0 aromatic heterocycles. The molecular formula is C14H16ClFO4. The Hall–Kier alpha value is -1.33. The average Bonchev–Trinajstić information content (AvgIpc) is 3.22. The summed E-state index contributed by atoms with van der Waals surface area (Å²) in [6.45, 7) is 0.417. The topological polar surface area (TPSA) is 59.1 Å². The highest BCUT2D eigenvalue weighted by molar-refractivity contribution is 6.30. The highest BCUT2D eigenvalue weighted by atomic mass is 35.5. The Bertz CT molecular complexity index is 459. The van der Waals surface area contributed by atoms with Gasteiger partial charge in [-0.2, -0.15) is 0 Å². The van der Waals surface area contributed by atoms with Crippen molar-refractivity contribution < 1.29 is 23.8 Å². The van der Waals surface area contributed by atoms with Gasteiger partial charge in [-0.15, -0.1) is 0 Å². The van der Waals surface area contributed by atoms with Crippen LogP contribution < -0.4 is 4.74 Å². The first kappa shape index (κ1) is 15.1. The van der Waals surface area contributed by atoms with Crippen LogP contribution in [0.1, 0.15) is 19.3 Å². The van der Waals surface area contributed by atoms with Crippen molar-refractivity contribution in [3.63, 3.8) is 0 Å². The van der Waals surface area contributed by atoms with Gasteiger partial charge in [0.05, 0.1) is 13.2 Å². The van der Waals surface area contributed by atoms with E-state index in [4.69, 9.17) is 26.2 Å². The molecule has 1 aromatic rings. The zero-order valence-corrected chi connectivity index (χ0v) is 11.6. The molecule has 1 aliphatic rings. The highest BCUT2D eigenvalue weighted by Gasteiger charge is 2.59. The van der Waals surface area contributed by atoms with Crippen LogP contribution in [0.2, 0.25) is 5.02 Å². The van der Waals surface area contributed by atoms with Crippen LogP contribution in [0, 0.1) is 0 Å². The van der Waals surface area contributed by atoms with E-state index in [1.165, 1.54) is 0 Å². The molecule has 0 amide bonds. The van der Waals surface area contributed by atoms with E-state index in [1.54, 1.807) is 24.3 Å². The first-order valence-corrected chi connectivity index (χ1v) is 6.82. The fourth-order valence-corrected chi connectivity index (χ4v) is 2.02. The lowest BCUT2D eigenvalue weighted by Gasteiger charge is -2.12. The Morgan fingerprint density at radius 1 is 1.45 bits per heavy atom. The Labute approximate surface area is 121 Å². The summed E-state index contributed by atoms with van der Waals surface area (Å²) in [4.78, 5) is 10.8. The van der Waals surface area contributed by atoms with Crippen molar-refractivity contribution in [3.8, 4) is 5.75 Å². The number of carbonyl (C=O) groups is 1. The normalized spacial score (nSPS) is 22.3. The fourth-order valence-electron chi connectivity index (χ4n) is 1.90. The molecule has 1 heterocycles. The quantitative estimate of drug-likeness (QED) is 0.592. The van der Waals surface area contributed by atoms with E-state index < -0.39 is 17.7 Å². The molecule has 20 heavy (non-hydrogen) atoms. The van der Waals surface area contributed by atoms with Crippen LogP contribution in [-0.4, -0.2) is 36.1 Å².